The minimum atomic E-state index is 0.146. The Balaban J connectivity index is 1.92. The monoisotopic (exact) mass is 328 g/mol. The second-order valence-corrected chi connectivity index (χ2v) is 5.96. The lowest BCUT2D eigenvalue weighted by molar-refractivity contribution is 0.506. The lowest BCUT2D eigenvalue weighted by Gasteiger charge is -2.26. The van der Waals surface area contributed by atoms with Gasteiger partial charge in [0.1, 0.15) is 5.76 Å². The van der Waals surface area contributed by atoms with Crippen molar-refractivity contribution in [1.29, 1.82) is 0 Å². The van der Waals surface area contributed by atoms with E-state index in [-0.39, 0.29) is 5.11 Å². The molecule has 120 valence electrons. The maximum atomic E-state index is 6.14. The molecule has 3 N–H and O–H groups in total. The number of rotatable bonds is 4. The lowest BCUT2D eigenvalue weighted by Crippen LogP contribution is -2.29. The second-order valence-electron chi connectivity index (χ2n) is 5.52. The van der Waals surface area contributed by atoms with Crippen molar-refractivity contribution >= 4 is 29.4 Å². The Hall–Kier alpha value is -2.34. The molecule has 0 aliphatic carbocycles. The number of hydrogen-bond acceptors (Lipinski definition) is 4. The van der Waals surface area contributed by atoms with Gasteiger partial charge in [0.05, 0.1) is 11.8 Å². The zero-order valence-electron chi connectivity index (χ0n) is 12.9. The Morgan fingerprint density at radius 1 is 1.22 bits per heavy atom. The summed E-state index contributed by atoms with van der Waals surface area (Å²) in [6, 6.07) is 12.1. The number of nitrogens with one attached hydrogen (secondary N) is 1. The Morgan fingerprint density at radius 3 is 2.65 bits per heavy atom. The molecular formula is C17H20N4OS. The molecule has 0 bridgehead atoms. The van der Waals surface area contributed by atoms with E-state index in [9.17, 15) is 0 Å². The second kappa shape index (κ2) is 7.28. The number of anilines is 1. The van der Waals surface area contributed by atoms with Gasteiger partial charge in [-0.25, -0.2) is 0 Å². The average molecular weight is 328 g/mol. The highest BCUT2D eigenvalue weighted by atomic mass is 32.1. The van der Waals surface area contributed by atoms with Crippen molar-refractivity contribution in [2.45, 2.75) is 19.3 Å². The van der Waals surface area contributed by atoms with Crippen LogP contribution in [0.5, 0.6) is 0 Å². The Bertz CT molecular complexity index is 690. The van der Waals surface area contributed by atoms with E-state index in [1.807, 2.05) is 36.4 Å². The molecule has 0 spiro atoms. The summed E-state index contributed by atoms with van der Waals surface area (Å²) < 4.78 is 6.14. The molecule has 6 heteroatoms. The van der Waals surface area contributed by atoms with Crippen molar-refractivity contribution in [3.8, 4) is 11.3 Å². The fourth-order valence-electron chi connectivity index (χ4n) is 2.74. The normalized spacial score (nSPS) is 15.0. The van der Waals surface area contributed by atoms with Crippen LogP contribution in [0.4, 0.5) is 5.88 Å². The van der Waals surface area contributed by atoms with Gasteiger partial charge >= 0.3 is 0 Å². The van der Waals surface area contributed by atoms with Gasteiger partial charge in [0.25, 0.3) is 0 Å². The summed E-state index contributed by atoms with van der Waals surface area (Å²) in [4.78, 5) is 2.28. The molecule has 1 aromatic carbocycles. The number of thiocarbonyl (C=S) groups is 1. The highest BCUT2D eigenvalue weighted by Crippen LogP contribution is 2.32. The summed E-state index contributed by atoms with van der Waals surface area (Å²) in [5.74, 6) is 1.69. The van der Waals surface area contributed by atoms with Crippen molar-refractivity contribution < 1.29 is 4.42 Å². The summed E-state index contributed by atoms with van der Waals surface area (Å²) in [5.41, 5.74) is 9.97. The molecule has 0 unspecified atom stereocenters. The van der Waals surface area contributed by atoms with Crippen LogP contribution < -0.4 is 16.1 Å². The first-order chi connectivity index (χ1) is 11.2. The van der Waals surface area contributed by atoms with E-state index in [2.05, 4.69) is 15.4 Å². The summed E-state index contributed by atoms with van der Waals surface area (Å²) in [6.07, 6.45) is 5.35. The molecule has 0 atom stereocenters. The van der Waals surface area contributed by atoms with Gasteiger partial charge < -0.3 is 15.1 Å². The van der Waals surface area contributed by atoms with Gasteiger partial charge in [-0.3, -0.25) is 5.43 Å². The van der Waals surface area contributed by atoms with Gasteiger partial charge in [-0.05, 0) is 37.5 Å². The quantitative estimate of drug-likeness (QED) is 0.513. The number of furan rings is 1. The number of hydrazone groups is 1. The molecule has 2 aromatic rings. The molecule has 23 heavy (non-hydrogen) atoms. The molecule has 3 rings (SSSR count). The molecule has 1 aliphatic heterocycles. The van der Waals surface area contributed by atoms with Crippen LogP contribution in [0.25, 0.3) is 11.3 Å². The molecule has 0 saturated carbocycles. The smallest absolute Gasteiger partial charge is 0.205 e. The van der Waals surface area contributed by atoms with Crippen LogP contribution in [0.15, 0.2) is 45.9 Å². The Morgan fingerprint density at radius 2 is 1.96 bits per heavy atom. The fourth-order valence-corrected chi connectivity index (χ4v) is 2.79. The molecule has 2 heterocycles. The SMILES string of the molecule is NC(=S)NN=Cc1cc(-c2ccccc2)oc1N1CCCCC1. The third-order valence-electron chi connectivity index (χ3n) is 3.82. The van der Waals surface area contributed by atoms with E-state index in [1.54, 1.807) is 6.21 Å². The minimum absolute atomic E-state index is 0.146. The lowest BCUT2D eigenvalue weighted by atomic mass is 10.1. The number of nitrogens with two attached hydrogens (primary N) is 1. The summed E-state index contributed by atoms with van der Waals surface area (Å²) >= 11 is 4.77. The average Bonchev–Trinajstić information content (AvgIpc) is 3.00. The van der Waals surface area contributed by atoms with E-state index in [1.165, 1.54) is 19.3 Å². The van der Waals surface area contributed by atoms with E-state index in [4.69, 9.17) is 22.4 Å². The van der Waals surface area contributed by atoms with Gasteiger partial charge in [0.15, 0.2) is 5.11 Å². The highest BCUT2D eigenvalue weighted by molar-refractivity contribution is 7.80. The van der Waals surface area contributed by atoms with Gasteiger partial charge in [0.2, 0.25) is 5.88 Å². The largest absolute Gasteiger partial charge is 0.440 e. The predicted octanol–water partition coefficient (Wildman–Crippen LogP) is 3.10. The van der Waals surface area contributed by atoms with Crippen LogP contribution in [-0.4, -0.2) is 24.4 Å². The maximum Gasteiger partial charge on any atom is 0.205 e. The molecule has 1 saturated heterocycles. The van der Waals surface area contributed by atoms with E-state index >= 15 is 0 Å². The molecule has 1 aromatic heterocycles. The maximum absolute atomic E-state index is 6.14. The Labute approximate surface area is 141 Å². The van der Waals surface area contributed by atoms with E-state index in [0.717, 1.165) is 35.9 Å². The van der Waals surface area contributed by atoms with Crippen molar-refractivity contribution in [2.24, 2.45) is 10.8 Å². The van der Waals surface area contributed by atoms with Crippen LogP contribution in [0, 0.1) is 0 Å². The number of benzene rings is 1. The predicted molar refractivity (Wildman–Crippen MR) is 97.7 cm³/mol. The first kappa shape index (κ1) is 15.6. The first-order valence-electron chi connectivity index (χ1n) is 7.77. The third-order valence-corrected chi connectivity index (χ3v) is 3.91. The van der Waals surface area contributed by atoms with Gasteiger partial charge in [-0.1, -0.05) is 30.3 Å². The fraction of sp³-hybridized carbons (Fsp3) is 0.294. The molecule has 0 radical (unpaired) electrons. The minimum Gasteiger partial charge on any atom is -0.440 e. The van der Waals surface area contributed by atoms with Crippen molar-refractivity contribution in [1.82, 2.24) is 5.43 Å². The van der Waals surface area contributed by atoms with Crippen molar-refractivity contribution in [3.63, 3.8) is 0 Å². The standard InChI is InChI=1S/C17H20N4OS/c18-17(23)20-19-12-14-11-15(13-7-3-1-4-8-13)22-16(14)21-9-5-2-6-10-21/h1,3-4,7-8,11-12H,2,5-6,9-10H2,(H3,18,20,23). The summed E-state index contributed by atoms with van der Waals surface area (Å²) in [5, 5.41) is 4.22. The van der Waals surface area contributed by atoms with Gasteiger partial charge in [-0.15, -0.1) is 0 Å². The Kier molecular flexibility index (Phi) is 4.92. The number of hydrogen-bond donors (Lipinski definition) is 2. The highest BCUT2D eigenvalue weighted by Gasteiger charge is 2.19. The molecular weight excluding hydrogens is 308 g/mol. The van der Waals surface area contributed by atoms with Gasteiger partial charge in [0, 0.05) is 18.7 Å². The molecule has 1 aliphatic rings. The number of nitrogens with zero attached hydrogens (tertiary/aromatic N) is 2. The topological polar surface area (TPSA) is 66.8 Å². The van der Waals surface area contributed by atoms with E-state index < -0.39 is 0 Å². The van der Waals surface area contributed by atoms with Crippen LogP contribution >= 0.6 is 12.2 Å². The molecule has 1 fully saturated rings. The zero-order chi connectivity index (χ0) is 16.1. The van der Waals surface area contributed by atoms with Crippen molar-refractivity contribution in [3.05, 3.63) is 42.0 Å². The van der Waals surface area contributed by atoms with Crippen LogP contribution in [-0.2, 0) is 0 Å². The van der Waals surface area contributed by atoms with Crippen LogP contribution in [0.1, 0.15) is 24.8 Å². The zero-order valence-corrected chi connectivity index (χ0v) is 13.7. The molecule has 5 nitrogen and oxygen atoms in total. The number of piperidine rings is 1. The summed E-state index contributed by atoms with van der Waals surface area (Å²) in [7, 11) is 0. The summed E-state index contributed by atoms with van der Waals surface area (Å²) in [6.45, 7) is 2.01. The van der Waals surface area contributed by atoms with Crippen molar-refractivity contribution in [2.75, 3.05) is 18.0 Å². The van der Waals surface area contributed by atoms with Gasteiger partial charge in [-0.2, -0.15) is 5.10 Å². The van der Waals surface area contributed by atoms with E-state index in [0.29, 0.717) is 0 Å². The first-order valence-corrected chi connectivity index (χ1v) is 8.17. The van der Waals surface area contributed by atoms with Crippen LogP contribution in [0.3, 0.4) is 0 Å². The third kappa shape index (κ3) is 3.90. The van der Waals surface area contributed by atoms with Crippen LogP contribution in [0.2, 0.25) is 0 Å². The molecule has 0 amide bonds.